The molecule has 1 aromatic rings. The lowest BCUT2D eigenvalue weighted by Crippen LogP contribution is -2.36. The monoisotopic (exact) mass is 224 g/mol. The third kappa shape index (κ3) is 2.11. The second kappa shape index (κ2) is 4.70. The van der Waals surface area contributed by atoms with E-state index in [2.05, 4.69) is 10.2 Å². The molecule has 0 saturated heterocycles. The average molecular weight is 224 g/mol. The number of aryl methyl sites for hydroxylation is 1. The number of ether oxygens (including phenoxy) is 1. The summed E-state index contributed by atoms with van der Waals surface area (Å²) in [5.41, 5.74) is 2.64. The van der Waals surface area contributed by atoms with Crippen molar-refractivity contribution in [2.45, 2.75) is 6.92 Å². The molecule has 4 heteroatoms. The molecule has 3 nitrogen and oxygen atoms in total. The van der Waals surface area contributed by atoms with Crippen molar-refractivity contribution in [1.82, 2.24) is 0 Å². The van der Waals surface area contributed by atoms with Gasteiger partial charge in [0.15, 0.2) is 0 Å². The molecule has 1 N–H and O–H groups in total. The molecule has 0 aromatic heterocycles. The van der Waals surface area contributed by atoms with Gasteiger partial charge < -0.3 is 15.0 Å². The van der Waals surface area contributed by atoms with Gasteiger partial charge in [-0.3, -0.25) is 0 Å². The first kappa shape index (κ1) is 11.2. The summed E-state index contributed by atoms with van der Waals surface area (Å²) in [4.78, 5) is 2.22. The fourth-order valence-electron chi connectivity index (χ4n) is 1.95. The van der Waals surface area contributed by atoms with Crippen molar-refractivity contribution in [1.29, 1.82) is 0 Å². The summed E-state index contributed by atoms with van der Waals surface area (Å²) in [6, 6.07) is 3.47. The van der Waals surface area contributed by atoms with Gasteiger partial charge in [-0.15, -0.1) is 0 Å². The Kier molecular flexibility index (Phi) is 3.29. The van der Waals surface area contributed by atoms with E-state index in [0.29, 0.717) is 12.2 Å². The smallest absolute Gasteiger partial charge is 0.128 e. The van der Waals surface area contributed by atoms with Crippen LogP contribution in [-0.2, 0) is 4.74 Å². The number of nitrogens with one attached hydrogen (secondary N) is 1. The minimum Gasteiger partial charge on any atom is -0.383 e. The van der Waals surface area contributed by atoms with E-state index in [1.807, 2.05) is 6.07 Å². The molecule has 88 valence electrons. The molecule has 0 unspecified atom stereocenters. The molecule has 0 atom stereocenters. The Morgan fingerprint density at radius 1 is 1.50 bits per heavy atom. The van der Waals surface area contributed by atoms with E-state index >= 15 is 0 Å². The van der Waals surface area contributed by atoms with E-state index in [1.54, 1.807) is 20.1 Å². The van der Waals surface area contributed by atoms with Crippen molar-refractivity contribution in [3.05, 3.63) is 23.5 Å². The molecule has 0 spiro atoms. The number of fused-ring (bicyclic) bond motifs is 1. The molecule has 0 amide bonds. The van der Waals surface area contributed by atoms with Gasteiger partial charge in [0.2, 0.25) is 0 Å². The van der Waals surface area contributed by atoms with E-state index in [0.717, 1.165) is 31.0 Å². The maximum Gasteiger partial charge on any atom is 0.128 e. The summed E-state index contributed by atoms with van der Waals surface area (Å²) in [6.07, 6.45) is 0. The molecular formula is C12H17FN2O. The van der Waals surface area contributed by atoms with Crippen LogP contribution in [0.1, 0.15) is 5.56 Å². The van der Waals surface area contributed by atoms with Crippen molar-refractivity contribution >= 4 is 11.4 Å². The standard InChI is InChI=1S/C12H17FN2O/c1-9-7-12-11(8-10(9)13)14-3-4-15(12)5-6-16-2/h7-8,14H,3-6H2,1-2H3. The predicted octanol–water partition coefficient (Wildman–Crippen LogP) is 2.01. The molecule has 1 heterocycles. The Morgan fingerprint density at radius 3 is 3.06 bits per heavy atom. The first-order chi connectivity index (χ1) is 7.72. The minimum absolute atomic E-state index is 0.153. The maximum atomic E-state index is 13.4. The Bertz CT molecular complexity index is 382. The second-order valence-corrected chi connectivity index (χ2v) is 4.03. The molecule has 0 aliphatic carbocycles. The van der Waals surface area contributed by atoms with E-state index in [4.69, 9.17) is 4.74 Å². The summed E-state index contributed by atoms with van der Waals surface area (Å²) in [6.45, 7) is 5.10. The first-order valence-corrected chi connectivity index (χ1v) is 5.50. The van der Waals surface area contributed by atoms with Crippen LogP contribution in [0.5, 0.6) is 0 Å². The third-order valence-electron chi connectivity index (χ3n) is 2.88. The van der Waals surface area contributed by atoms with Crippen LogP contribution in [0.15, 0.2) is 12.1 Å². The summed E-state index contributed by atoms with van der Waals surface area (Å²) in [7, 11) is 1.69. The Balaban J connectivity index is 2.27. The van der Waals surface area contributed by atoms with Crippen LogP contribution in [0, 0.1) is 12.7 Å². The van der Waals surface area contributed by atoms with Crippen LogP contribution in [0.4, 0.5) is 15.8 Å². The molecule has 1 aromatic carbocycles. The van der Waals surface area contributed by atoms with E-state index in [-0.39, 0.29) is 5.82 Å². The largest absolute Gasteiger partial charge is 0.383 e. The molecule has 0 radical (unpaired) electrons. The van der Waals surface area contributed by atoms with Gasteiger partial charge in [-0.2, -0.15) is 0 Å². The van der Waals surface area contributed by atoms with Crippen LogP contribution in [0.2, 0.25) is 0 Å². The van der Waals surface area contributed by atoms with Crippen LogP contribution in [-0.4, -0.2) is 33.4 Å². The van der Waals surface area contributed by atoms with Gasteiger partial charge in [0.1, 0.15) is 5.82 Å². The number of anilines is 2. The number of rotatable bonds is 3. The van der Waals surface area contributed by atoms with Gasteiger partial charge in [0, 0.05) is 26.7 Å². The van der Waals surface area contributed by atoms with Crippen molar-refractivity contribution < 1.29 is 9.13 Å². The first-order valence-electron chi connectivity index (χ1n) is 5.50. The van der Waals surface area contributed by atoms with Crippen LogP contribution < -0.4 is 10.2 Å². The quantitative estimate of drug-likeness (QED) is 0.850. The van der Waals surface area contributed by atoms with Crippen molar-refractivity contribution in [2.75, 3.05) is 43.6 Å². The normalized spacial score (nSPS) is 14.6. The van der Waals surface area contributed by atoms with Crippen LogP contribution >= 0.6 is 0 Å². The number of benzene rings is 1. The zero-order chi connectivity index (χ0) is 11.5. The van der Waals surface area contributed by atoms with Crippen LogP contribution in [0.3, 0.4) is 0 Å². The highest BCUT2D eigenvalue weighted by Gasteiger charge is 2.17. The second-order valence-electron chi connectivity index (χ2n) is 4.03. The lowest BCUT2D eigenvalue weighted by atomic mass is 10.1. The number of nitrogens with zero attached hydrogens (tertiary/aromatic N) is 1. The molecule has 0 fully saturated rings. The third-order valence-corrected chi connectivity index (χ3v) is 2.88. The highest BCUT2D eigenvalue weighted by Crippen LogP contribution is 2.31. The average Bonchev–Trinajstić information content (AvgIpc) is 2.28. The topological polar surface area (TPSA) is 24.5 Å². The highest BCUT2D eigenvalue weighted by atomic mass is 19.1. The number of hydrogen-bond acceptors (Lipinski definition) is 3. The van der Waals surface area contributed by atoms with Gasteiger partial charge in [-0.1, -0.05) is 0 Å². The Morgan fingerprint density at radius 2 is 2.31 bits per heavy atom. The number of halogens is 1. The fourth-order valence-corrected chi connectivity index (χ4v) is 1.95. The highest BCUT2D eigenvalue weighted by molar-refractivity contribution is 5.73. The van der Waals surface area contributed by atoms with Gasteiger partial charge in [0.25, 0.3) is 0 Å². The van der Waals surface area contributed by atoms with E-state index in [1.165, 1.54) is 0 Å². The molecule has 0 saturated carbocycles. The summed E-state index contributed by atoms with van der Waals surface area (Å²) in [5, 5.41) is 3.21. The molecule has 2 rings (SSSR count). The Hall–Kier alpha value is -1.29. The molecule has 16 heavy (non-hydrogen) atoms. The SMILES string of the molecule is COCCN1CCNc2cc(F)c(C)cc21. The zero-order valence-electron chi connectivity index (χ0n) is 9.72. The van der Waals surface area contributed by atoms with Crippen LogP contribution in [0.25, 0.3) is 0 Å². The molecular weight excluding hydrogens is 207 g/mol. The summed E-state index contributed by atoms with van der Waals surface area (Å²) >= 11 is 0. The Labute approximate surface area is 95.2 Å². The fraction of sp³-hybridized carbons (Fsp3) is 0.500. The zero-order valence-corrected chi connectivity index (χ0v) is 9.72. The molecule has 1 aliphatic heterocycles. The van der Waals surface area contributed by atoms with Gasteiger partial charge in [0.05, 0.1) is 18.0 Å². The lowest BCUT2D eigenvalue weighted by molar-refractivity contribution is 0.205. The van der Waals surface area contributed by atoms with E-state index in [9.17, 15) is 4.39 Å². The van der Waals surface area contributed by atoms with Gasteiger partial charge in [-0.25, -0.2) is 4.39 Å². The van der Waals surface area contributed by atoms with Gasteiger partial charge >= 0.3 is 0 Å². The number of hydrogen-bond donors (Lipinski definition) is 1. The maximum absolute atomic E-state index is 13.4. The van der Waals surface area contributed by atoms with Crippen molar-refractivity contribution in [2.24, 2.45) is 0 Å². The molecule has 0 bridgehead atoms. The summed E-state index contributed by atoms with van der Waals surface area (Å²) < 4.78 is 18.5. The predicted molar refractivity (Wildman–Crippen MR) is 63.7 cm³/mol. The number of methoxy groups -OCH3 is 1. The van der Waals surface area contributed by atoms with Crippen molar-refractivity contribution in [3.63, 3.8) is 0 Å². The van der Waals surface area contributed by atoms with Gasteiger partial charge in [-0.05, 0) is 24.6 Å². The van der Waals surface area contributed by atoms with E-state index < -0.39 is 0 Å². The van der Waals surface area contributed by atoms with Crippen molar-refractivity contribution in [3.8, 4) is 0 Å². The summed E-state index contributed by atoms with van der Waals surface area (Å²) in [5.74, 6) is -0.153. The molecule has 1 aliphatic rings. The lowest BCUT2D eigenvalue weighted by Gasteiger charge is -2.32. The minimum atomic E-state index is -0.153.